The molecule has 4 atom stereocenters. The number of carbonyl (C=O) groups is 2. The average molecular weight is 618 g/mol. The van der Waals surface area contributed by atoms with Gasteiger partial charge in [-0.1, -0.05) is 42.5 Å². The predicted octanol–water partition coefficient (Wildman–Crippen LogP) is 7.00. The molecule has 7 nitrogen and oxygen atoms in total. The number of hydrogen-bond donors (Lipinski definition) is 3. The van der Waals surface area contributed by atoms with E-state index in [9.17, 15) is 14.0 Å². The van der Waals surface area contributed by atoms with Crippen LogP contribution in [-0.2, 0) is 16.0 Å². The summed E-state index contributed by atoms with van der Waals surface area (Å²) < 4.78 is 14.9. The summed E-state index contributed by atoms with van der Waals surface area (Å²) in [7, 11) is 0. The fraction of sp³-hybridized carbons (Fsp3) is 0.395. The summed E-state index contributed by atoms with van der Waals surface area (Å²) in [4.78, 5) is 29.6. The summed E-state index contributed by atoms with van der Waals surface area (Å²) in [5, 5.41) is 13.2. The van der Waals surface area contributed by atoms with Crippen molar-refractivity contribution in [1.82, 2.24) is 15.5 Å². The van der Waals surface area contributed by atoms with E-state index in [0.29, 0.717) is 18.2 Å². The third-order valence-electron chi connectivity index (χ3n) is 10.8. The Morgan fingerprint density at radius 2 is 1.76 bits per heavy atom. The van der Waals surface area contributed by atoms with Gasteiger partial charge in [0, 0.05) is 41.1 Å². The van der Waals surface area contributed by atoms with Crippen LogP contribution in [-0.4, -0.2) is 46.3 Å². The van der Waals surface area contributed by atoms with E-state index in [1.54, 1.807) is 0 Å². The molecule has 46 heavy (non-hydrogen) atoms. The fourth-order valence-electron chi connectivity index (χ4n) is 8.14. The lowest BCUT2D eigenvalue weighted by atomic mass is 9.89. The zero-order valence-corrected chi connectivity index (χ0v) is 26.4. The third-order valence-corrected chi connectivity index (χ3v) is 10.8. The summed E-state index contributed by atoms with van der Waals surface area (Å²) in [5.41, 5.74) is 8.39. The Morgan fingerprint density at radius 3 is 2.46 bits per heavy atom. The minimum absolute atomic E-state index is 0.196. The van der Waals surface area contributed by atoms with E-state index in [1.807, 2.05) is 38.1 Å². The van der Waals surface area contributed by atoms with Crippen LogP contribution in [0.5, 0.6) is 0 Å². The number of piperidine rings is 1. The Bertz CT molecular complexity index is 1810. The molecule has 2 amide bonds. The summed E-state index contributed by atoms with van der Waals surface area (Å²) in [6.07, 6.45) is 5.81. The Labute approximate surface area is 269 Å². The second-order valence-electron chi connectivity index (χ2n) is 13.9. The van der Waals surface area contributed by atoms with Gasteiger partial charge in [0.2, 0.25) is 5.91 Å². The van der Waals surface area contributed by atoms with Gasteiger partial charge in [0.25, 0.3) is 5.91 Å². The SMILES string of the molecule is Cc1n[nH]c(C)c1-c1ccc(NC(=O)[C@@H](NC(=O)C2(F)CC2)[C@@H]2CCc3ccc(-c4cccc(N5C[C@H]6CC[C@@H]5C6)c4)cc32)cc1. The number of halogens is 1. The molecule has 8 rings (SSSR count). The normalized spacial score (nSPS) is 22.8. The molecule has 1 aliphatic heterocycles. The van der Waals surface area contributed by atoms with Gasteiger partial charge in [-0.2, -0.15) is 5.10 Å². The number of alkyl halides is 1. The smallest absolute Gasteiger partial charge is 0.258 e. The molecule has 4 aromatic rings. The van der Waals surface area contributed by atoms with Crippen molar-refractivity contribution >= 4 is 23.2 Å². The Kier molecular flexibility index (Phi) is 7.00. The van der Waals surface area contributed by atoms with Gasteiger partial charge >= 0.3 is 0 Å². The number of fused-ring (bicyclic) bond motifs is 3. The highest BCUT2D eigenvalue weighted by atomic mass is 19.1. The largest absolute Gasteiger partial charge is 0.368 e. The van der Waals surface area contributed by atoms with Crippen molar-refractivity contribution in [2.45, 2.75) is 82.5 Å². The molecule has 0 spiro atoms. The van der Waals surface area contributed by atoms with E-state index >= 15 is 0 Å². The number of anilines is 2. The second kappa shape index (κ2) is 11.1. The Balaban J connectivity index is 1.06. The van der Waals surface area contributed by atoms with E-state index < -0.39 is 17.6 Å². The monoisotopic (exact) mass is 617 g/mol. The first kappa shape index (κ1) is 29.0. The molecule has 3 N–H and O–H groups in total. The fourth-order valence-corrected chi connectivity index (χ4v) is 8.14. The van der Waals surface area contributed by atoms with Gasteiger partial charge in [-0.25, -0.2) is 4.39 Å². The second-order valence-corrected chi connectivity index (χ2v) is 13.9. The Morgan fingerprint density at radius 1 is 0.978 bits per heavy atom. The summed E-state index contributed by atoms with van der Waals surface area (Å²) >= 11 is 0. The number of aromatic nitrogens is 2. The van der Waals surface area contributed by atoms with Gasteiger partial charge in [-0.05, 0) is 117 Å². The highest BCUT2D eigenvalue weighted by molar-refractivity contribution is 6.00. The van der Waals surface area contributed by atoms with Crippen LogP contribution in [0.4, 0.5) is 15.8 Å². The molecule has 0 radical (unpaired) electrons. The lowest BCUT2D eigenvalue weighted by molar-refractivity contribution is -0.131. The van der Waals surface area contributed by atoms with Gasteiger partial charge in [-0.15, -0.1) is 0 Å². The highest BCUT2D eigenvalue weighted by Gasteiger charge is 2.52. The molecule has 2 saturated carbocycles. The zero-order chi connectivity index (χ0) is 31.6. The number of aromatic amines is 1. The van der Waals surface area contributed by atoms with Crippen molar-refractivity contribution in [3.05, 3.63) is 89.2 Å². The average Bonchev–Trinajstić information content (AvgIpc) is 3.47. The Hall–Kier alpha value is -4.46. The van der Waals surface area contributed by atoms with E-state index in [1.165, 1.54) is 30.5 Å². The lowest BCUT2D eigenvalue weighted by Gasteiger charge is -2.29. The van der Waals surface area contributed by atoms with Gasteiger partial charge < -0.3 is 15.5 Å². The van der Waals surface area contributed by atoms with Crippen molar-refractivity contribution in [1.29, 1.82) is 0 Å². The number of nitrogens with zero attached hydrogens (tertiary/aromatic N) is 2. The van der Waals surface area contributed by atoms with Crippen LogP contribution in [0, 0.1) is 19.8 Å². The summed E-state index contributed by atoms with van der Waals surface area (Å²) in [6.45, 7) is 5.07. The number of aryl methyl sites for hydroxylation is 3. The molecule has 3 aromatic carbocycles. The van der Waals surface area contributed by atoms with Crippen LogP contribution < -0.4 is 15.5 Å². The molecule has 3 aliphatic carbocycles. The first-order valence-electron chi connectivity index (χ1n) is 16.7. The maximum atomic E-state index is 14.9. The van der Waals surface area contributed by atoms with Crippen LogP contribution in [0.1, 0.15) is 67.0 Å². The number of rotatable bonds is 8. The minimum Gasteiger partial charge on any atom is -0.368 e. The van der Waals surface area contributed by atoms with Gasteiger partial charge in [0.15, 0.2) is 5.67 Å². The number of amides is 2. The molecule has 3 fully saturated rings. The molecule has 1 saturated heterocycles. The lowest BCUT2D eigenvalue weighted by Crippen LogP contribution is -2.50. The number of H-pyrrole nitrogens is 1. The van der Waals surface area contributed by atoms with Crippen molar-refractivity contribution < 1.29 is 14.0 Å². The van der Waals surface area contributed by atoms with Crippen molar-refractivity contribution in [2.75, 3.05) is 16.8 Å². The van der Waals surface area contributed by atoms with Gasteiger partial charge in [0.1, 0.15) is 6.04 Å². The molecule has 0 unspecified atom stereocenters. The topological polar surface area (TPSA) is 90.1 Å². The van der Waals surface area contributed by atoms with Crippen LogP contribution in [0.2, 0.25) is 0 Å². The van der Waals surface area contributed by atoms with Gasteiger partial charge in [0.05, 0.1) is 5.69 Å². The predicted molar refractivity (Wildman–Crippen MR) is 179 cm³/mol. The van der Waals surface area contributed by atoms with Crippen LogP contribution in [0.25, 0.3) is 22.3 Å². The van der Waals surface area contributed by atoms with Gasteiger partial charge in [-0.3, -0.25) is 14.7 Å². The number of hydrogen-bond acceptors (Lipinski definition) is 4. The quantitative estimate of drug-likeness (QED) is 0.199. The first-order chi connectivity index (χ1) is 22.3. The van der Waals surface area contributed by atoms with E-state index in [4.69, 9.17) is 0 Å². The molecular weight excluding hydrogens is 577 g/mol. The number of nitrogens with one attached hydrogen (secondary N) is 3. The summed E-state index contributed by atoms with van der Waals surface area (Å²) in [6, 6.07) is 22.6. The standard InChI is InChI=1S/C38H40FN5O2/c1-22-34(23(2)43-42-22)26-9-12-29(13-10-26)40-36(45)35(41-37(46)38(39)16-17-38)32-15-11-25-7-8-28(20-33(25)32)27-4-3-5-30(19-27)44-21-24-6-14-31(44)18-24/h3-5,7-10,12-13,19-20,24,31-32,35H,6,11,14-18,21H2,1-2H3,(H,40,45)(H,41,46)(H,42,43)/t24-,31+,32+,35-/m0/s1. The number of benzene rings is 3. The van der Waals surface area contributed by atoms with Crippen LogP contribution in [0.3, 0.4) is 0 Å². The molecule has 236 valence electrons. The zero-order valence-electron chi connectivity index (χ0n) is 26.4. The van der Waals surface area contributed by atoms with Crippen LogP contribution in [0.15, 0.2) is 66.7 Å². The highest BCUT2D eigenvalue weighted by Crippen LogP contribution is 2.44. The molecule has 4 aliphatic rings. The van der Waals surface area contributed by atoms with E-state index in [2.05, 4.69) is 68.2 Å². The molecule has 8 heteroatoms. The molecule has 2 bridgehead atoms. The summed E-state index contributed by atoms with van der Waals surface area (Å²) in [5.74, 6) is -0.481. The molecule has 2 heterocycles. The van der Waals surface area contributed by atoms with E-state index in [0.717, 1.165) is 58.1 Å². The van der Waals surface area contributed by atoms with Crippen molar-refractivity contribution in [3.63, 3.8) is 0 Å². The maximum Gasteiger partial charge on any atom is 0.258 e. The minimum atomic E-state index is -1.88. The van der Waals surface area contributed by atoms with Crippen molar-refractivity contribution in [3.8, 4) is 22.3 Å². The first-order valence-corrected chi connectivity index (χ1v) is 16.7. The van der Waals surface area contributed by atoms with Crippen molar-refractivity contribution in [2.24, 2.45) is 5.92 Å². The number of carbonyl (C=O) groups excluding carboxylic acids is 2. The molecular formula is C38H40FN5O2. The molecule has 1 aromatic heterocycles. The van der Waals surface area contributed by atoms with E-state index in [-0.39, 0.29) is 24.7 Å². The maximum absolute atomic E-state index is 14.9. The van der Waals surface area contributed by atoms with Crippen LogP contribution >= 0.6 is 0 Å². The third kappa shape index (κ3) is 5.17.